The van der Waals surface area contributed by atoms with Crippen molar-refractivity contribution in [3.63, 3.8) is 0 Å². The van der Waals surface area contributed by atoms with E-state index < -0.39 is 0 Å². The maximum Gasteiger partial charge on any atom is 0.222 e. The number of aromatic nitrogens is 3. The number of amides is 1. The van der Waals surface area contributed by atoms with E-state index >= 15 is 0 Å². The number of rotatable bonds is 7. The Balaban J connectivity index is 1.65. The van der Waals surface area contributed by atoms with Crippen LogP contribution in [0.1, 0.15) is 45.5 Å². The number of carbonyl (C=O) groups is 1. The minimum Gasteiger partial charge on any atom is -0.383 e. The van der Waals surface area contributed by atoms with Crippen LogP contribution in [-0.4, -0.2) is 76.2 Å². The molecule has 0 aromatic carbocycles. The van der Waals surface area contributed by atoms with Gasteiger partial charge in [0.2, 0.25) is 5.91 Å². The van der Waals surface area contributed by atoms with Gasteiger partial charge in [-0.15, -0.1) is 0 Å². The molecule has 7 heteroatoms. The fourth-order valence-electron chi connectivity index (χ4n) is 3.94. The number of aryl methyl sites for hydroxylation is 1. The molecule has 0 saturated carbocycles. The average molecular weight is 388 g/mol. The van der Waals surface area contributed by atoms with Gasteiger partial charge in [0.05, 0.1) is 12.6 Å². The number of fused-ring (bicyclic) bond motifs is 1. The number of likely N-dealkylation sites (N-methyl/N-ethyl adjacent to an activating group) is 1. The lowest BCUT2D eigenvalue weighted by Crippen LogP contribution is -2.58. The lowest BCUT2D eigenvalue weighted by atomic mass is 9.99. The number of nitrogens with zero attached hydrogens (tertiary/aromatic N) is 5. The Kier molecular flexibility index (Phi) is 6.35. The molecule has 1 unspecified atom stereocenters. The molecule has 1 saturated heterocycles. The van der Waals surface area contributed by atoms with E-state index in [9.17, 15) is 4.79 Å². The molecule has 0 spiro atoms. The molecular weight excluding hydrogens is 354 g/mol. The van der Waals surface area contributed by atoms with Crippen LogP contribution >= 0.6 is 0 Å². The van der Waals surface area contributed by atoms with Gasteiger partial charge < -0.3 is 14.2 Å². The van der Waals surface area contributed by atoms with Gasteiger partial charge in [0.1, 0.15) is 11.3 Å². The molecule has 0 aliphatic carbocycles. The zero-order valence-corrected chi connectivity index (χ0v) is 17.8. The van der Waals surface area contributed by atoms with Crippen molar-refractivity contribution in [1.29, 1.82) is 0 Å². The summed E-state index contributed by atoms with van der Waals surface area (Å²) in [6, 6.07) is 4.04. The van der Waals surface area contributed by atoms with Gasteiger partial charge in [-0.2, -0.15) is 0 Å². The van der Waals surface area contributed by atoms with Gasteiger partial charge in [-0.1, -0.05) is 0 Å². The fourth-order valence-corrected chi connectivity index (χ4v) is 3.94. The van der Waals surface area contributed by atoms with Gasteiger partial charge in [-0.05, 0) is 46.4 Å². The second-order valence-corrected chi connectivity index (χ2v) is 8.45. The number of ether oxygens (including phenoxy) is 1. The number of carbonyl (C=O) groups excluding carboxylic acids is 1. The summed E-state index contributed by atoms with van der Waals surface area (Å²) >= 11 is 0. The van der Waals surface area contributed by atoms with Crippen LogP contribution in [0.4, 0.5) is 0 Å². The van der Waals surface area contributed by atoms with Crippen molar-refractivity contribution >= 4 is 17.1 Å². The number of hydrogen-bond acceptors (Lipinski definition) is 5. The number of methoxy groups -OCH3 is 1. The fraction of sp³-hybridized carbons (Fsp3) is 0.667. The average Bonchev–Trinajstić information content (AvgIpc) is 3.02. The van der Waals surface area contributed by atoms with Gasteiger partial charge in [-0.3, -0.25) is 9.69 Å². The highest BCUT2D eigenvalue weighted by Crippen LogP contribution is 2.22. The van der Waals surface area contributed by atoms with Crippen LogP contribution < -0.4 is 0 Å². The van der Waals surface area contributed by atoms with E-state index in [1.54, 1.807) is 13.3 Å². The predicted octanol–water partition coefficient (Wildman–Crippen LogP) is 2.51. The second-order valence-electron chi connectivity index (χ2n) is 8.45. The van der Waals surface area contributed by atoms with Crippen LogP contribution in [0.25, 0.3) is 11.2 Å². The Morgan fingerprint density at radius 1 is 1.36 bits per heavy atom. The van der Waals surface area contributed by atoms with Crippen LogP contribution in [0, 0.1) is 0 Å². The third-order valence-electron chi connectivity index (χ3n) is 5.83. The first-order valence-electron chi connectivity index (χ1n) is 10.1. The molecule has 2 aromatic rings. The number of pyridine rings is 1. The summed E-state index contributed by atoms with van der Waals surface area (Å²) in [7, 11) is 3.83. The molecular formula is C21H33N5O2. The van der Waals surface area contributed by atoms with Crippen LogP contribution in [0.15, 0.2) is 18.3 Å². The molecule has 3 heterocycles. The first kappa shape index (κ1) is 20.7. The summed E-state index contributed by atoms with van der Waals surface area (Å²) in [6.07, 6.45) is 3.89. The Hall–Kier alpha value is -1.99. The summed E-state index contributed by atoms with van der Waals surface area (Å²) in [5.41, 5.74) is 1.81. The smallest absolute Gasteiger partial charge is 0.222 e. The first-order chi connectivity index (χ1) is 13.3. The van der Waals surface area contributed by atoms with Crippen LogP contribution in [0.2, 0.25) is 0 Å². The lowest BCUT2D eigenvalue weighted by molar-refractivity contribution is -0.135. The van der Waals surface area contributed by atoms with E-state index in [0.717, 1.165) is 49.5 Å². The Morgan fingerprint density at radius 3 is 2.86 bits per heavy atom. The third-order valence-corrected chi connectivity index (χ3v) is 5.83. The summed E-state index contributed by atoms with van der Waals surface area (Å²) in [5.74, 6) is 1.22. The highest BCUT2D eigenvalue weighted by Gasteiger charge is 2.32. The van der Waals surface area contributed by atoms with Crippen LogP contribution in [0.3, 0.4) is 0 Å². The molecule has 1 aliphatic heterocycles. The van der Waals surface area contributed by atoms with Crippen molar-refractivity contribution in [2.45, 2.75) is 51.6 Å². The monoisotopic (exact) mass is 387 g/mol. The molecule has 7 nitrogen and oxygen atoms in total. The zero-order valence-electron chi connectivity index (χ0n) is 17.8. The highest BCUT2D eigenvalue weighted by molar-refractivity contribution is 5.76. The minimum atomic E-state index is 0.0309. The lowest BCUT2D eigenvalue weighted by Gasteiger charge is -2.45. The largest absolute Gasteiger partial charge is 0.383 e. The van der Waals surface area contributed by atoms with Crippen molar-refractivity contribution in [3.8, 4) is 0 Å². The maximum absolute atomic E-state index is 12.7. The Labute approximate surface area is 167 Å². The summed E-state index contributed by atoms with van der Waals surface area (Å²) in [5, 5.41) is 0. The van der Waals surface area contributed by atoms with E-state index in [2.05, 4.69) is 42.3 Å². The highest BCUT2D eigenvalue weighted by atomic mass is 16.5. The quantitative estimate of drug-likeness (QED) is 0.730. The molecule has 154 valence electrons. The van der Waals surface area contributed by atoms with Crippen LogP contribution in [-0.2, 0) is 16.0 Å². The van der Waals surface area contributed by atoms with Gasteiger partial charge >= 0.3 is 0 Å². The summed E-state index contributed by atoms with van der Waals surface area (Å²) in [4.78, 5) is 26.3. The molecule has 28 heavy (non-hydrogen) atoms. The van der Waals surface area contributed by atoms with E-state index in [0.29, 0.717) is 13.0 Å². The van der Waals surface area contributed by atoms with Crippen molar-refractivity contribution in [1.82, 2.24) is 24.3 Å². The van der Waals surface area contributed by atoms with Crippen molar-refractivity contribution in [2.75, 3.05) is 40.4 Å². The SMILES string of the molecule is COCC(C)n1c(CCCC(=O)N2CCN(C)C(C)(C)C2)nc2cccnc21. The summed E-state index contributed by atoms with van der Waals surface area (Å²) < 4.78 is 7.50. The van der Waals surface area contributed by atoms with Gasteiger partial charge in [0.15, 0.2) is 5.65 Å². The van der Waals surface area contributed by atoms with E-state index in [1.807, 2.05) is 17.0 Å². The van der Waals surface area contributed by atoms with E-state index in [-0.39, 0.29) is 17.5 Å². The van der Waals surface area contributed by atoms with Gasteiger partial charge in [0.25, 0.3) is 0 Å². The Bertz CT molecular complexity index is 816. The molecule has 1 atom stereocenters. The molecule has 1 aliphatic rings. The van der Waals surface area contributed by atoms with Crippen molar-refractivity contribution in [3.05, 3.63) is 24.2 Å². The molecule has 3 rings (SSSR count). The standard InChI is InChI=1S/C21H33N5O2/c1-16(14-28-5)26-18(23-17-8-7-11-22-20(17)26)9-6-10-19(27)25-13-12-24(4)21(2,3)15-25/h7-8,11,16H,6,9-10,12-15H2,1-5H3. The second kappa shape index (κ2) is 8.57. The number of hydrogen-bond donors (Lipinski definition) is 0. The minimum absolute atomic E-state index is 0.0309. The molecule has 0 bridgehead atoms. The molecule has 0 radical (unpaired) electrons. The zero-order chi connectivity index (χ0) is 20.3. The number of piperazine rings is 1. The Morgan fingerprint density at radius 2 is 2.14 bits per heavy atom. The van der Waals surface area contributed by atoms with Gasteiger partial charge in [-0.25, -0.2) is 9.97 Å². The third kappa shape index (κ3) is 4.36. The topological polar surface area (TPSA) is 63.5 Å². The van der Waals surface area contributed by atoms with Crippen LogP contribution in [0.5, 0.6) is 0 Å². The first-order valence-corrected chi connectivity index (χ1v) is 10.1. The molecule has 2 aromatic heterocycles. The van der Waals surface area contributed by atoms with E-state index in [1.165, 1.54) is 0 Å². The van der Waals surface area contributed by atoms with Crippen molar-refractivity contribution in [2.24, 2.45) is 0 Å². The molecule has 1 amide bonds. The maximum atomic E-state index is 12.7. The molecule has 0 N–H and O–H groups in total. The predicted molar refractivity (Wildman–Crippen MR) is 110 cm³/mol. The molecule has 1 fully saturated rings. The summed E-state index contributed by atoms with van der Waals surface area (Å²) in [6.45, 7) is 9.62. The van der Waals surface area contributed by atoms with E-state index in [4.69, 9.17) is 9.72 Å². The normalized spacial score (nSPS) is 18.5. The number of imidazole rings is 1. The van der Waals surface area contributed by atoms with Crippen molar-refractivity contribution < 1.29 is 9.53 Å². The van der Waals surface area contributed by atoms with Gasteiger partial charge in [0, 0.05) is 51.3 Å².